The molecule has 3 heteroatoms. The van der Waals surface area contributed by atoms with E-state index >= 15 is 0 Å². The third-order valence-electron chi connectivity index (χ3n) is 3.48. The van der Waals surface area contributed by atoms with Gasteiger partial charge >= 0.3 is 0 Å². The van der Waals surface area contributed by atoms with Crippen LogP contribution in [0.3, 0.4) is 0 Å². The highest BCUT2D eigenvalue weighted by molar-refractivity contribution is 7.98. The van der Waals surface area contributed by atoms with Crippen LogP contribution >= 0.6 is 11.8 Å². The van der Waals surface area contributed by atoms with Crippen molar-refractivity contribution >= 4 is 11.8 Å². The molecule has 1 aliphatic rings. The molecule has 17 heavy (non-hydrogen) atoms. The quantitative estimate of drug-likeness (QED) is 0.809. The molecule has 1 saturated heterocycles. The average molecular weight is 250 g/mol. The molecule has 94 valence electrons. The summed E-state index contributed by atoms with van der Waals surface area (Å²) in [5, 5.41) is 3.45. The summed E-state index contributed by atoms with van der Waals surface area (Å²) in [5.41, 5.74) is 1.41. The van der Waals surface area contributed by atoms with Gasteiger partial charge in [0.2, 0.25) is 0 Å². The number of nitrogens with one attached hydrogen (secondary N) is 1. The summed E-state index contributed by atoms with van der Waals surface area (Å²) in [6.07, 6.45) is 4.86. The van der Waals surface area contributed by atoms with E-state index < -0.39 is 0 Å². The van der Waals surface area contributed by atoms with Gasteiger partial charge in [-0.2, -0.15) is 0 Å². The molecule has 1 fully saturated rings. The van der Waals surface area contributed by atoms with Crippen LogP contribution in [0, 0.1) is 0 Å². The number of hydrogen-bond donors (Lipinski definition) is 1. The second-order valence-corrected chi connectivity index (χ2v) is 5.51. The molecule has 0 bridgehead atoms. The zero-order valence-electron chi connectivity index (χ0n) is 10.8. The van der Waals surface area contributed by atoms with Crippen molar-refractivity contribution in [3.05, 3.63) is 29.8 Å². The standard InChI is InChI=1S/C14H22N2S/c1-15-14(11-16-8-3-4-9-16)12-6-5-7-13(10-12)17-2/h5-7,10,14-15H,3-4,8-9,11H2,1-2H3. The smallest absolute Gasteiger partial charge is 0.0447 e. The Balaban J connectivity index is 2.04. The molecule has 2 rings (SSSR count). The van der Waals surface area contributed by atoms with Crippen LogP contribution in [0.5, 0.6) is 0 Å². The summed E-state index contributed by atoms with van der Waals surface area (Å²) in [6, 6.07) is 9.34. The highest BCUT2D eigenvalue weighted by Crippen LogP contribution is 2.22. The van der Waals surface area contributed by atoms with Crippen molar-refractivity contribution in [1.82, 2.24) is 10.2 Å². The predicted molar refractivity (Wildman–Crippen MR) is 75.7 cm³/mol. The van der Waals surface area contributed by atoms with Gasteiger partial charge in [0.1, 0.15) is 0 Å². The largest absolute Gasteiger partial charge is 0.312 e. The van der Waals surface area contributed by atoms with E-state index in [1.54, 1.807) is 0 Å². The van der Waals surface area contributed by atoms with Crippen molar-refractivity contribution < 1.29 is 0 Å². The van der Waals surface area contributed by atoms with Crippen LogP contribution in [0.25, 0.3) is 0 Å². The van der Waals surface area contributed by atoms with E-state index in [9.17, 15) is 0 Å². The normalized spacial score (nSPS) is 18.5. The van der Waals surface area contributed by atoms with Crippen LogP contribution in [0.4, 0.5) is 0 Å². The van der Waals surface area contributed by atoms with E-state index in [1.165, 1.54) is 36.4 Å². The molecule has 1 unspecified atom stereocenters. The van der Waals surface area contributed by atoms with Crippen LogP contribution in [0.15, 0.2) is 29.2 Å². The van der Waals surface area contributed by atoms with E-state index in [0.717, 1.165) is 6.54 Å². The van der Waals surface area contributed by atoms with Crippen LogP contribution in [-0.4, -0.2) is 37.8 Å². The Bertz CT molecular complexity index is 348. The number of likely N-dealkylation sites (tertiary alicyclic amines) is 1. The molecular formula is C14H22N2S. The first-order chi connectivity index (χ1) is 8.33. The number of nitrogens with zero attached hydrogens (tertiary/aromatic N) is 1. The van der Waals surface area contributed by atoms with E-state index in [4.69, 9.17) is 0 Å². The van der Waals surface area contributed by atoms with Crippen molar-refractivity contribution in [2.75, 3.05) is 32.9 Å². The lowest BCUT2D eigenvalue weighted by molar-refractivity contribution is 0.299. The van der Waals surface area contributed by atoms with Crippen molar-refractivity contribution in [1.29, 1.82) is 0 Å². The fourth-order valence-corrected chi connectivity index (χ4v) is 2.91. The maximum absolute atomic E-state index is 3.45. The summed E-state index contributed by atoms with van der Waals surface area (Å²) >= 11 is 1.81. The molecule has 2 nitrogen and oxygen atoms in total. The van der Waals surface area contributed by atoms with Crippen LogP contribution in [0.1, 0.15) is 24.4 Å². The Morgan fingerprint density at radius 2 is 2.12 bits per heavy atom. The molecule has 1 atom stereocenters. The Morgan fingerprint density at radius 1 is 1.35 bits per heavy atom. The van der Waals surface area contributed by atoms with Gasteiger partial charge in [-0.3, -0.25) is 0 Å². The van der Waals surface area contributed by atoms with Gasteiger partial charge in [0.25, 0.3) is 0 Å². The number of benzene rings is 1. The molecular weight excluding hydrogens is 228 g/mol. The van der Waals surface area contributed by atoms with Crippen LogP contribution < -0.4 is 5.32 Å². The van der Waals surface area contributed by atoms with Gasteiger partial charge in [0.15, 0.2) is 0 Å². The predicted octanol–water partition coefficient (Wildman–Crippen LogP) is 2.76. The van der Waals surface area contributed by atoms with Crippen molar-refractivity contribution in [2.45, 2.75) is 23.8 Å². The van der Waals surface area contributed by atoms with Gasteiger partial charge in [-0.05, 0) is 56.9 Å². The molecule has 0 aliphatic carbocycles. The first kappa shape index (κ1) is 12.9. The molecule has 0 amide bonds. The molecule has 0 saturated carbocycles. The summed E-state index contributed by atoms with van der Waals surface area (Å²) in [6.45, 7) is 3.66. The van der Waals surface area contributed by atoms with Crippen LogP contribution in [0.2, 0.25) is 0 Å². The molecule has 1 aromatic carbocycles. The summed E-state index contributed by atoms with van der Waals surface area (Å²) in [4.78, 5) is 3.91. The number of likely N-dealkylation sites (N-methyl/N-ethyl adjacent to an activating group) is 1. The third kappa shape index (κ3) is 3.47. The monoisotopic (exact) mass is 250 g/mol. The summed E-state index contributed by atoms with van der Waals surface area (Å²) in [7, 11) is 2.06. The average Bonchev–Trinajstić information content (AvgIpc) is 2.89. The van der Waals surface area contributed by atoms with Crippen molar-refractivity contribution in [3.63, 3.8) is 0 Å². The van der Waals surface area contributed by atoms with E-state index in [-0.39, 0.29) is 0 Å². The zero-order valence-corrected chi connectivity index (χ0v) is 11.6. The highest BCUT2D eigenvalue weighted by Gasteiger charge is 2.17. The minimum Gasteiger partial charge on any atom is -0.312 e. The first-order valence-corrected chi connectivity index (χ1v) is 7.59. The fourth-order valence-electron chi connectivity index (χ4n) is 2.45. The maximum Gasteiger partial charge on any atom is 0.0447 e. The van der Waals surface area contributed by atoms with Crippen molar-refractivity contribution in [2.24, 2.45) is 0 Å². The SMILES string of the molecule is CNC(CN1CCCC1)c1cccc(SC)c1. The van der Waals surface area contributed by atoms with Gasteiger partial charge in [-0.15, -0.1) is 11.8 Å². The van der Waals surface area contributed by atoms with E-state index in [2.05, 4.69) is 47.8 Å². The summed E-state index contributed by atoms with van der Waals surface area (Å²) < 4.78 is 0. The number of rotatable bonds is 5. The fraction of sp³-hybridized carbons (Fsp3) is 0.571. The van der Waals surface area contributed by atoms with Gasteiger partial charge in [-0.1, -0.05) is 12.1 Å². The highest BCUT2D eigenvalue weighted by atomic mass is 32.2. The molecule has 1 heterocycles. The lowest BCUT2D eigenvalue weighted by Gasteiger charge is -2.23. The van der Waals surface area contributed by atoms with E-state index in [1.807, 2.05) is 11.8 Å². The van der Waals surface area contributed by atoms with Gasteiger partial charge in [-0.25, -0.2) is 0 Å². The van der Waals surface area contributed by atoms with Gasteiger partial charge < -0.3 is 10.2 Å². The lowest BCUT2D eigenvalue weighted by Crippen LogP contribution is -2.31. The maximum atomic E-state index is 3.45. The summed E-state index contributed by atoms with van der Waals surface area (Å²) in [5.74, 6) is 0. The third-order valence-corrected chi connectivity index (χ3v) is 4.21. The minimum absolute atomic E-state index is 0.459. The minimum atomic E-state index is 0.459. The molecule has 1 aromatic rings. The second kappa shape index (κ2) is 6.43. The first-order valence-electron chi connectivity index (χ1n) is 6.37. The molecule has 1 N–H and O–H groups in total. The second-order valence-electron chi connectivity index (χ2n) is 4.63. The number of hydrogen-bond acceptors (Lipinski definition) is 3. The van der Waals surface area contributed by atoms with Crippen LogP contribution in [-0.2, 0) is 0 Å². The van der Waals surface area contributed by atoms with E-state index in [0.29, 0.717) is 6.04 Å². The van der Waals surface area contributed by atoms with Gasteiger partial charge in [0.05, 0.1) is 0 Å². The Kier molecular flexibility index (Phi) is 4.89. The Labute approximate surface area is 109 Å². The molecule has 0 aromatic heterocycles. The number of thioether (sulfide) groups is 1. The van der Waals surface area contributed by atoms with Gasteiger partial charge in [0, 0.05) is 17.5 Å². The Morgan fingerprint density at radius 3 is 2.76 bits per heavy atom. The molecule has 1 aliphatic heterocycles. The van der Waals surface area contributed by atoms with Crippen molar-refractivity contribution in [3.8, 4) is 0 Å². The topological polar surface area (TPSA) is 15.3 Å². The lowest BCUT2D eigenvalue weighted by atomic mass is 10.1. The zero-order chi connectivity index (χ0) is 12.1. The molecule has 0 radical (unpaired) electrons. The Hall–Kier alpha value is -0.510. The molecule has 0 spiro atoms.